The van der Waals surface area contributed by atoms with Crippen LogP contribution in [0.5, 0.6) is 0 Å². The molecular weight excluding hydrogens is 180 g/mol. The van der Waals surface area contributed by atoms with Crippen molar-refractivity contribution in [2.24, 2.45) is 10.8 Å². The molecule has 0 radical (unpaired) electrons. The molecule has 1 rings (SSSR count). The minimum atomic E-state index is -0.630. The summed E-state index contributed by atoms with van der Waals surface area (Å²) < 4.78 is 0. The molecule has 3 N–H and O–H groups in total. The topological polar surface area (TPSA) is 70.7 Å². The zero-order valence-corrected chi connectivity index (χ0v) is 8.58. The SMILES string of the molecule is C/C(=N/NC(N)=O)C1=CCCN(C)C1. The van der Waals surface area contributed by atoms with Gasteiger partial charge in [0.15, 0.2) is 0 Å². The Morgan fingerprint density at radius 1 is 1.71 bits per heavy atom. The Morgan fingerprint density at radius 2 is 2.43 bits per heavy atom. The van der Waals surface area contributed by atoms with Crippen LogP contribution in [0.4, 0.5) is 4.79 Å². The van der Waals surface area contributed by atoms with E-state index in [4.69, 9.17) is 5.73 Å². The van der Waals surface area contributed by atoms with Gasteiger partial charge in [-0.25, -0.2) is 10.2 Å². The Morgan fingerprint density at radius 3 is 3.00 bits per heavy atom. The Labute approximate surface area is 83.6 Å². The van der Waals surface area contributed by atoms with Crippen molar-refractivity contribution >= 4 is 11.7 Å². The maximum absolute atomic E-state index is 10.4. The average molecular weight is 196 g/mol. The highest BCUT2D eigenvalue weighted by molar-refractivity contribution is 5.99. The van der Waals surface area contributed by atoms with Crippen molar-refractivity contribution in [2.45, 2.75) is 13.3 Å². The van der Waals surface area contributed by atoms with E-state index in [2.05, 4.69) is 28.6 Å². The molecule has 0 aliphatic carbocycles. The number of nitrogens with zero attached hydrogens (tertiary/aromatic N) is 2. The number of rotatable bonds is 2. The van der Waals surface area contributed by atoms with E-state index < -0.39 is 6.03 Å². The van der Waals surface area contributed by atoms with Crippen molar-refractivity contribution < 1.29 is 4.79 Å². The molecule has 0 aromatic heterocycles. The highest BCUT2D eigenvalue weighted by Gasteiger charge is 2.10. The molecule has 2 amide bonds. The van der Waals surface area contributed by atoms with Crippen molar-refractivity contribution in [1.82, 2.24) is 10.3 Å². The summed E-state index contributed by atoms with van der Waals surface area (Å²) >= 11 is 0. The highest BCUT2D eigenvalue weighted by Crippen LogP contribution is 2.08. The van der Waals surface area contributed by atoms with Gasteiger partial charge in [0.1, 0.15) is 0 Å². The predicted molar refractivity (Wildman–Crippen MR) is 56.0 cm³/mol. The van der Waals surface area contributed by atoms with E-state index in [0.29, 0.717) is 0 Å². The van der Waals surface area contributed by atoms with Crippen LogP contribution in [0.1, 0.15) is 13.3 Å². The van der Waals surface area contributed by atoms with Crippen LogP contribution in [0.3, 0.4) is 0 Å². The quantitative estimate of drug-likeness (QED) is 0.492. The minimum absolute atomic E-state index is 0.630. The van der Waals surface area contributed by atoms with Gasteiger partial charge in [0.2, 0.25) is 0 Å². The number of nitrogens with two attached hydrogens (primary N) is 1. The molecule has 1 aliphatic rings. The number of amides is 2. The number of urea groups is 1. The van der Waals surface area contributed by atoms with Gasteiger partial charge in [-0.15, -0.1) is 0 Å². The monoisotopic (exact) mass is 196 g/mol. The van der Waals surface area contributed by atoms with Crippen molar-refractivity contribution in [1.29, 1.82) is 0 Å². The number of likely N-dealkylation sites (N-methyl/N-ethyl adjacent to an activating group) is 1. The number of carbonyl (C=O) groups excluding carboxylic acids is 1. The summed E-state index contributed by atoms with van der Waals surface area (Å²) in [6.07, 6.45) is 3.16. The fraction of sp³-hybridized carbons (Fsp3) is 0.556. The molecule has 0 fully saturated rings. The molecule has 0 unspecified atom stereocenters. The third-order valence-corrected chi connectivity index (χ3v) is 2.14. The van der Waals surface area contributed by atoms with Gasteiger partial charge < -0.3 is 10.6 Å². The third-order valence-electron chi connectivity index (χ3n) is 2.14. The van der Waals surface area contributed by atoms with Crippen LogP contribution in [0.25, 0.3) is 0 Å². The van der Waals surface area contributed by atoms with E-state index in [0.717, 1.165) is 30.8 Å². The van der Waals surface area contributed by atoms with Crippen molar-refractivity contribution in [3.63, 3.8) is 0 Å². The van der Waals surface area contributed by atoms with Crippen LogP contribution >= 0.6 is 0 Å². The zero-order valence-electron chi connectivity index (χ0n) is 8.58. The van der Waals surface area contributed by atoms with E-state index in [9.17, 15) is 4.79 Å². The van der Waals surface area contributed by atoms with Crippen LogP contribution in [0.2, 0.25) is 0 Å². The number of carbonyl (C=O) groups is 1. The highest BCUT2D eigenvalue weighted by atomic mass is 16.2. The normalized spacial score (nSPS) is 19.0. The molecule has 0 saturated carbocycles. The fourth-order valence-corrected chi connectivity index (χ4v) is 1.37. The van der Waals surface area contributed by atoms with Gasteiger partial charge in [0.25, 0.3) is 0 Å². The molecule has 5 nitrogen and oxygen atoms in total. The summed E-state index contributed by atoms with van der Waals surface area (Å²) in [6, 6.07) is -0.630. The predicted octanol–water partition coefficient (Wildman–Crippen LogP) is 0.292. The Balaban J connectivity index is 2.59. The van der Waals surface area contributed by atoms with E-state index in [1.165, 1.54) is 0 Å². The van der Waals surface area contributed by atoms with Crippen molar-refractivity contribution in [3.05, 3.63) is 11.6 Å². The van der Waals surface area contributed by atoms with Crippen LogP contribution in [0.15, 0.2) is 16.8 Å². The second-order valence-corrected chi connectivity index (χ2v) is 3.43. The lowest BCUT2D eigenvalue weighted by Gasteiger charge is -2.22. The van der Waals surface area contributed by atoms with Gasteiger partial charge in [-0.2, -0.15) is 5.10 Å². The summed E-state index contributed by atoms with van der Waals surface area (Å²) in [4.78, 5) is 12.6. The lowest BCUT2D eigenvalue weighted by molar-refractivity contribution is 0.249. The first-order valence-corrected chi connectivity index (χ1v) is 4.57. The van der Waals surface area contributed by atoms with Gasteiger partial charge in [0, 0.05) is 13.1 Å². The van der Waals surface area contributed by atoms with Crippen molar-refractivity contribution in [3.8, 4) is 0 Å². The Bertz CT molecular complexity index is 283. The molecule has 0 saturated heterocycles. The molecule has 0 spiro atoms. The maximum Gasteiger partial charge on any atom is 0.332 e. The van der Waals surface area contributed by atoms with Gasteiger partial charge in [-0.3, -0.25) is 0 Å². The number of hydrazone groups is 1. The summed E-state index contributed by atoms with van der Waals surface area (Å²) in [5.41, 5.74) is 9.10. The van der Waals surface area contributed by atoms with Gasteiger partial charge in [0.05, 0.1) is 5.71 Å². The molecule has 5 heteroatoms. The summed E-state index contributed by atoms with van der Waals surface area (Å²) in [5.74, 6) is 0. The molecule has 0 atom stereocenters. The van der Waals surface area contributed by atoms with Crippen molar-refractivity contribution in [2.75, 3.05) is 20.1 Å². The second-order valence-electron chi connectivity index (χ2n) is 3.43. The first kappa shape index (κ1) is 10.7. The molecule has 0 bridgehead atoms. The van der Waals surface area contributed by atoms with E-state index in [1.807, 2.05) is 6.92 Å². The second kappa shape index (κ2) is 4.76. The van der Waals surface area contributed by atoms with Crippen LogP contribution in [-0.2, 0) is 0 Å². The molecule has 0 aromatic carbocycles. The van der Waals surface area contributed by atoms with Crippen LogP contribution in [0, 0.1) is 0 Å². The smallest absolute Gasteiger partial charge is 0.332 e. The number of hydrogen-bond acceptors (Lipinski definition) is 3. The standard InChI is InChI=1S/C9H16N4O/c1-7(11-12-9(10)14)8-4-3-5-13(2)6-8/h4H,3,5-6H2,1-2H3,(H3,10,12,14)/b11-7-. The molecule has 14 heavy (non-hydrogen) atoms. The molecule has 78 valence electrons. The maximum atomic E-state index is 10.4. The summed E-state index contributed by atoms with van der Waals surface area (Å²) in [5, 5.41) is 3.88. The van der Waals surface area contributed by atoms with Gasteiger partial charge in [-0.1, -0.05) is 6.08 Å². The first-order valence-electron chi connectivity index (χ1n) is 4.57. The van der Waals surface area contributed by atoms with E-state index in [-0.39, 0.29) is 0 Å². The zero-order chi connectivity index (χ0) is 10.6. The molecule has 0 aromatic rings. The third kappa shape index (κ3) is 3.18. The molecular formula is C9H16N4O. The Kier molecular flexibility index (Phi) is 3.64. The Hall–Kier alpha value is -1.36. The largest absolute Gasteiger partial charge is 0.350 e. The molecule has 1 aliphatic heterocycles. The minimum Gasteiger partial charge on any atom is -0.350 e. The fourth-order valence-electron chi connectivity index (χ4n) is 1.37. The van der Waals surface area contributed by atoms with E-state index in [1.54, 1.807) is 0 Å². The van der Waals surface area contributed by atoms with Crippen LogP contribution < -0.4 is 11.2 Å². The lowest BCUT2D eigenvalue weighted by Crippen LogP contribution is -2.30. The lowest BCUT2D eigenvalue weighted by atomic mass is 10.1. The van der Waals surface area contributed by atoms with E-state index >= 15 is 0 Å². The number of primary amides is 1. The summed E-state index contributed by atoms with van der Waals surface area (Å²) in [7, 11) is 2.06. The molecule has 1 heterocycles. The number of nitrogens with one attached hydrogen (secondary N) is 1. The average Bonchev–Trinajstić information content (AvgIpc) is 2.14. The summed E-state index contributed by atoms with van der Waals surface area (Å²) in [6.45, 7) is 3.80. The van der Waals surface area contributed by atoms with Gasteiger partial charge >= 0.3 is 6.03 Å². The first-order chi connectivity index (χ1) is 6.59. The van der Waals surface area contributed by atoms with Crippen LogP contribution in [-0.4, -0.2) is 36.8 Å². The van der Waals surface area contributed by atoms with Gasteiger partial charge in [-0.05, 0) is 26.0 Å². The number of hydrogen-bond donors (Lipinski definition) is 2.